The molecule has 1 aliphatic carbocycles. The number of likely N-dealkylation sites (N-methyl/N-ethyl adjacent to an activating group) is 1. The standard InChI is InChI=1S/C22H23FN6O/c1-4-22(10-18(22)23)29-12-19(30)28(3)17-11-25-21(27-20(17)29)26-15-9-14-6-5-7-24-16(14)8-13(15)2/h5-9,11,18H,4,10,12H2,1-3H3,(H,25,26,27). The van der Waals surface area contributed by atoms with Crippen molar-refractivity contribution >= 4 is 40.0 Å². The largest absolute Gasteiger partial charge is 0.337 e. The second-order valence-corrected chi connectivity index (χ2v) is 8.06. The van der Waals surface area contributed by atoms with Crippen LogP contribution in [-0.2, 0) is 4.79 Å². The smallest absolute Gasteiger partial charge is 0.246 e. The molecule has 0 saturated heterocycles. The van der Waals surface area contributed by atoms with E-state index < -0.39 is 11.7 Å². The molecule has 2 unspecified atom stereocenters. The first kappa shape index (κ1) is 18.7. The van der Waals surface area contributed by atoms with Gasteiger partial charge in [0.05, 0.1) is 23.8 Å². The van der Waals surface area contributed by atoms with Crippen LogP contribution < -0.4 is 15.1 Å². The van der Waals surface area contributed by atoms with Crippen LogP contribution in [0, 0.1) is 6.92 Å². The Balaban J connectivity index is 1.55. The van der Waals surface area contributed by atoms with Crippen LogP contribution in [0.4, 0.5) is 27.5 Å². The van der Waals surface area contributed by atoms with E-state index in [0.29, 0.717) is 30.3 Å². The Bertz CT molecular complexity index is 1160. The van der Waals surface area contributed by atoms with E-state index >= 15 is 0 Å². The molecule has 1 fully saturated rings. The number of hydrogen-bond donors (Lipinski definition) is 1. The van der Waals surface area contributed by atoms with Crippen molar-refractivity contribution < 1.29 is 9.18 Å². The third-order valence-corrected chi connectivity index (χ3v) is 6.34. The van der Waals surface area contributed by atoms with Crippen molar-refractivity contribution in [3.63, 3.8) is 0 Å². The van der Waals surface area contributed by atoms with Gasteiger partial charge in [-0.15, -0.1) is 0 Å². The molecule has 2 aliphatic rings. The van der Waals surface area contributed by atoms with Crippen LogP contribution in [0.5, 0.6) is 0 Å². The van der Waals surface area contributed by atoms with E-state index in [1.807, 2.05) is 43.0 Å². The molecule has 0 radical (unpaired) electrons. The lowest BCUT2D eigenvalue weighted by molar-refractivity contribution is -0.117. The lowest BCUT2D eigenvalue weighted by atomic mass is 10.1. The number of anilines is 4. The first-order chi connectivity index (χ1) is 14.4. The summed E-state index contributed by atoms with van der Waals surface area (Å²) in [6.07, 6.45) is 3.49. The molecule has 1 N–H and O–H groups in total. The minimum Gasteiger partial charge on any atom is -0.337 e. The minimum atomic E-state index is -0.951. The zero-order chi connectivity index (χ0) is 21.0. The number of nitrogens with one attached hydrogen (secondary N) is 1. The second kappa shape index (κ2) is 6.62. The fourth-order valence-corrected chi connectivity index (χ4v) is 4.25. The van der Waals surface area contributed by atoms with Gasteiger partial charge >= 0.3 is 0 Å². The molecule has 8 heteroatoms. The molecule has 3 aromatic rings. The number of carbonyl (C=O) groups excluding carboxylic acids is 1. The van der Waals surface area contributed by atoms with Gasteiger partial charge in [-0.25, -0.2) is 9.37 Å². The van der Waals surface area contributed by atoms with Gasteiger partial charge in [-0.3, -0.25) is 9.78 Å². The number of carbonyl (C=O) groups is 1. The van der Waals surface area contributed by atoms with Crippen LogP contribution in [0.3, 0.4) is 0 Å². The van der Waals surface area contributed by atoms with Gasteiger partial charge in [0.1, 0.15) is 11.9 Å². The summed E-state index contributed by atoms with van der Waals surface area (Å²) < 4.78 is 14.4. The predicted molar refractivity (Wildman–Crippen MR) is 115 cm³/mol. The van der Waals surface area contributed by atoms with Crippen LogP contribution in [0.25, 0.3) is 10.9 Å². The van der Waals surface area contributed by atoms with Crippen molar-refractivity contribution in [3.8, 4) is 0 Å². The summed E-state index contributed by atoms with van der Waals surface area (Å²) in [6, 6.07) is 7.93. The van der Waals surface area contributed by atoms with Crippen molar-refractivity contribution in [1.82, 2.24) is 15.0 Å². The molecule has 1 amide bonds. The van der Waals surface area contributed by atoms with E-state index in [-0.39, 0.29) is 12.5 Å². The summed E-state index contributed by atoms with van der Waals surface area (Å²) in [5, 5.41) is 4.30. The Morgan fingerprint density at radius 2 is 2.13 bits per heavy atom. The molecule has 2 atom stereocenters. The third-order valence-electron chi connectivity index (χ3n) is 6.34. The summed E-state index contributed by atoms with van der Waals surface area (Å²) in [6.45, 7) is 4.07. The molecule has 0 spiro atoms. The van der Waals surface area contributed by atoms with Gasteiger partial charge in [-0.1, -0.05) is 13.0 Å². The van der Waals surface area contributed by atoms with Gasteiger partial charge in [-0.05, 0) is 37.1 Å². The lowest BCUT2D eigenvalue weighted by Gasteiger charge is -2.39. The number of alkyl halides is 1. The van der Waals surface area contributed by atoms with Gasteiger partial charge < -0.3 is 15.1 Å². The van der Waals surface area contributed by atoms with E-state index in [9.17, 15) is 9.18 Å². The van der Waals surface area contributed by atoms with E-state index in [4.69, 9.17) is 4.98 Å². The van der Waals surface area contributed by atoms with Gasteiger partial charge in [0.15, 0.2) is 5.82 Å². The van der Waals surface area contributed by atoms with Crippen molar-refractivity contribution in [1.29, 1.82) is 0 Å². The molecule has 7 nitrogen and oxygen atoms in total. The molecule has 3 heterocycles. The maximum absolute atomic E-state index is 14.4. The number of aryl methyl sites for hydroxylation is 1. The Kier molecular flexibility index (Phi) is 4.13. The third kappa shape index (κ3) is 2.78. The number of benzene rings is 1. The zero-order valence-electron chi connectivity index (χ0n) is 17.2. The van der Waals surface area contributed by atoms with Crippen molar-refractivity contribution in [3.05, 3.63) is 42.2 Å². The molecule has 1 aromatic carbocycles. The number of nitrogens with zero attached hydrogens (tertiary/aromatic N) is 5. The Labute approximate surface area is 173 Å². The maximum atomic E-state index is 14.4. The first-order valence-electron chi connectivity index (χ1n) is 10.1. The maximum Gasteiger partial charge on any atom is 0.246 e. The van der Waals surface area contributed by atoms with Gasteiger partial charge in [0.25, 0.3) is 0 Å². The number of fused-ring (bicyclic) bond motifs is 2. The molecule has 0 bridgehead atoms. The topological polar surface area (TPSA) is 74.2 Å². The molecule has 1 saturated carbocycles. The van der Waals surface area contributed by atoms with Crippen molar-refractivity contribution in [2.24, 2.45) is 0 Å². The average molecular weight is 406 g/mol. The minimum absolute atomic E-state index is 0.0865. The van der Waals surface area contributed by atoms with Gasteiger partial charge in [-0.2, -0.15) is 4.98 Å². The first-order valence-corrected chi connectivity index (χ1v) is 10.1. The number of hydrogen-bond acceptors (Lipinski definition) is 6. The summed E-state index contributed by atoms with van der Waals surface area (Å²) in [7, 11) is 1.70. The number of aromatic nitrogens is 3. The van der Waals surface area contributed by atoms with Crippen LogP contribution in [0.15, 0.2) is 36.7 Å². The second-order valence-electron chi connectivity index (χ2n) is 8.06. The highest BCUT2D eigenvalue weighted by Gasteiger charge is 2.60. The summed E-state index contributed by atoms with van der Waals surface area (Å²) in [4.78, 5) is 29.4. The van der Waals surface area contributed by atoms with Crippen LogP contribution >= 0.6 is 0 Å². The lowest BCUT2D eigenvalue weighted by Crippen LogP contribution is -2.51. The quantitative estimate of drug-likeness (QED) is 0.711. The fraction of sp³-hybridized carbons (Fsp3) is 0.364. The molecule has 30 heavy (non-hydrogen) atoms. The number of pyridine rings is 1. The van der Waals surface area contributed by atoms with E-state index in [1.54, 1.807) is 24.3 Å². The number of rotatable bonds is 4. The Morgan fingerprint density at radius 3 is 2.87 bits per heavy atom. The zero-order valence-corrected chi connectivity index (χ0v) is 17.2. The molecule has 154 valence electrons. The summed E-state index contributed by atoms with van der Waals surface area (Å²) in [5.74, 6) is 0.920. The summed E-state index contributed by atoms with van der Waals surface area (Å²) >= 11 is 0. The highest BCUT2D eigenvalue weighted by atomic mass is 19.1. The van der Waals surface area contributed by atoms with Crippen LogP contribution in [0.2, 0.25) is 0 Å². The van der Waals surface area contributed by atoms with Crippen LogP contribution in [-0.4, -0.2) is 46.2 Å². The monoisotopic (exact) mass is 406 g/mol. The number of halogens is 1. The molecular weight excluding hydrogens is 383 g/mol. The Hall–Kier alpha value is -3.29. The van der Waals surface area contributed by atoms with Crippen molar-refractivity contribution in [2.45, 2.75) is 38.4 Å². The average Bonchev–Trinajstić information content (AvgIpc) is 3.42. The summed E-state index contributed by atoms with van der Waals surface area (Å²) in [5.41, 5.74) is 2.76. The molecular formula is C22H23FN6O. The van der Waals surface area contributed by atoms with Gasteiger partial charge in [0.2, 0.25) is 11.9 Å². The number of amides is 1. The van der Waals surface area contributed by atoms with Crippen molar-refractivity contribution in [2.75, 3.05) is 28.7 Å². The highest BCUT2D eigenvalue weighted by molar-refractivity contribution is 6.02. The van der Waals surface area contributed by atoms with Gasteiger partial charge in [0, 0.05) is 30.7 Å². The molecule has 1 aliphatic heterocycles. The van der Waals surface area contributed by atoms with E-state index in [0.717, 1.165) is 22.2 Å². The Morgan fingerprint density at radius 1 is 1.33 bits per heavy atom. The van der Waals surface area contributed by atoms with Crippen LogP contribution in [0.1, 0.15) is 25.3 Å². The highest BCUT2D eigenvalue weighted by Crippen LogP contribution is 2.51. The van der Waals surface area contributed by atoms with E-state index in [2.05, 4.69) is 15.3 Å². The fourth-order valence-electron chi connectivity index (χ4n) is 4.25. The normalized spacial score (nSPS) is 22.9. The molecule has 2 aromatic heterocycles. The SMILES string of the molecule is CCC1(N2CC(=O)N(C)c3cnc(Nc4cc5cccnc5cc4C)nc32)CC1F. The van der Waals surface area contributed by atoms with E-state index in [1.165, 1.54) is 0 Å². The predicted octanol–water partition coefficient (Wildman–Crippen LogP) is 3.75. The molecule has 5 rings (SSSR count).